The molecule has 136 valence electrons. The highest BCUT2D eigenvalue weighted by atomic mass is 16.5. The SMILES string of the molecule is COC(=O)CCCNC(=O)[C@@H]1CCC(=O)N(CC2CCCCC2)C1. The van der Waals surface area contributed by atoms with Crippen LogP contribution in [0, 0.1) is 11.8 Å². The molecule has 2 amide bonds. The summed E-state index contributed by atoms with van der Waals surface area (Å²) in [4.78, 5) is 37.4. The molecule has 1 aliphatic heterocycles. The van der Waals surface area contributed by atoms with Crippen LogP contribution in [0.1, 0.15) is 57.8 Å². The Labute approximate surface area is 144 Å². The van der Waals surface area contributed by atoms with Gasteiger partial charge in [-0.15, -0.1) is 0 Å². The van der Waals surface area contributed by atoms with Gasteiger partial charge in [-0.2, -0.15) is 0 Å². The molecule has 2 aliphatic rings. The molecule has 1 atom stereocenters. The average molecular weight is 338 g/mol. The van der Waals surface area contributed by atoms with Crippen LogP contribution < -0.4 is 5.32 Å². The minimum Gasteiger partial charge on any atom is -0.469 e. The number of methoxy groups -OCH3 is 1. The van der Waals surface area contributed by atoms with E-state index in [1.165, 1.54) is 39.2 Å². The first-order valence-corrected chi connectivity index (χ1v) is 9.22. The van der Waals surface area contributed by atoms with E-state index < -0.39 is 0 Å². The fourth-order valence-electron chi connectivity index (χ4n) is 3.68. The average Bonchev–Trinajstić information content (AvgIpc) is 2.61. The molecule has 6 heteroatoms. The van der Waals surface area contributed by atoms with Crippen molar-refractivity contribution in [2.75, 3.05) is 26.7 Å². The Kier molecular flexibility index (Phi) is 7.53. The molecule has 1 saturated carbocycles. The molecule has 0 unspecified atom stereocenters. The van der Waals surface area contributed by atoms with E-state index in [-0.39, 0.29) is 23.7 Å². The van der Waals surface area contributed by atoms with Gasteiger partial charge in [-0.1, -0.05) is 19.3 Å². The monoisotopic (exact) mass is 338 g/mol. The summed E-state index contributed by atoms with van der Waals surface area (Å²) in [5.41, 5.74) is 0. The van der Waals surface area contributed by atoms with E-state index in [0.29, 0.717) is 44.7 Å². The van der Waals surface area contributed by atoms with Gasteiger partial charge in [0.2, 0.25) is 11.8 Å². The van der Waals surface area contributed by atoms with Crippen molar-refractivity contribution < 1.29 is 19.1 Å². The highest BCUT2D eigenvalue weighted by Crippen LogP contribution is 2.27. The van der Waals surface area contributed by atoms with Crippen molar-refractivity contribution >= 4 is 17.8 Å². The molecule has 6 nitrogen and oxygen atoms in total. The number of hydrogen-bond acceptors (Lipinski definition) is 4. The number of esters is 1. The van der Waals surface area contributed by atoms with Gasteiger partial charge in [-0.3, -0.25) is 14.4 Å². The summed E-state index contributed by atoms with van der Waals surface area (Å²) >= 11 is 0. The zero-order valence-corrected chi connectivity index (χ0v) is 14.7. The fraction of sp³-hybridized carbons (Fsp3) is 0.833. The maximum absolute atomic E-state index is 12.3. The van der Waals surface area contributed by atoms with Crippen LogP contribution in [-0.4, -0.2) is 49.4 Å². The van der Waals surface area contributed by atoms with Gasteiger partial charge in [0.1, 0.15) is 0 Å². The third kappa shape index (κ3) is 5.80. The van der Waals surface area contributed by atoms with Crippen molar-refractivity contribution in [3.05, 3.63) is 0 Å². The minimum atomic E-state index is -0.258. The summed E-state index contributed by atoms with van der Waals surface area (Å²) in [5, 5.41) is 2.89. The van der Waals surface area contributed by atoms with E-state index in [0.717, 1.165) is 6.54 Å². The maximum atomic E-state index is 12.3. The van der Waals surface area contributed by atoms with Gasteiger partial charge < -0.3 is 15.0 Å². The van der Waals surface area contributed by atoms with E-state index in [2.05, 4.69) is 10.1 Å². The Balaban J connectivity index is 1.73. The van der Waals surface area contributed by atoms with Crippen LogP contribution >= 0.6 is 0 Å². The Morgan fingerprint density at radius 1 is 1.21 bits per heavy atom. The molecule has 2 rings (SSSR count). The van der Waals surface area contributed by atoms with Crippen molar-refractivity contribution in [3.63, 3.8) is 0 Å². The molecule has 0 aromatic heterocycles. The molecule has 0 radical (unpaired) electrons. The van der Waals surface area contributed by atoms with Crippen molar-refractivity contribution in [2.24, 2.45) is 11.8 Å². The zero-order chi connectivity index (χ0) is 17.4. The van der Waals surface area contributed by atoms with Crippen LogP contribution in [0.15, 0.2) is 0 Å². The highest BCUT2D eigenvalue weighted by molar-refractivity contribution is 5.83. The van der Waals surface area contributed by atoms with Crippen LogP contribution in [-0.2, 0) is 19.1 Å². The summed E-state index contributed by atoms with van der Waals surface area (Å²) in [5.74, 6) is 0.413. The normalized spacial score (nSPS) is 22.3. The van der Waals surface area contributed by atoms with E-state index in [1.54, 1.807) is 0 Å². The quantitative estimate of drug-likeness (QED) is 0.568. The van der Waals surface area contributed by atoms with Gasteiger partial charge in [0, 0.05) is 32.5 Å². The third-order valence-corrected chi connectivity index (χ3v) is 5.16. The van der Waals surface area contributed by atoms with Gasteiger partial charge in [-0.25, -0.2) is 0 Å². The number of ether oxygens (including phenoxy) is 1. The number of likely N-dealkylation sites (tertiary alicyclic amines) is 1. The molecule has 0 bridgehead atoms. The van der Waals surface area contributed by atoms with Crippen molar-refractivity contribution in [3.8, 4) is 0 Å². The third-order valence-electron chi connectivity index (χ3n) is 5.16. The first-order valence-electron chi connectivity index (χ1n) is 9.22. The number of carbonyl (C=O) groups is 3. The van der Waals surface area contributed by atoms with Gasteiger partial charge in [0.05, 0.1) is 13.0 Å². The number of rotatable bonds is 7. The molecule has 0 aromatic carbocycles. The lowest BCUT2D eigenvalue weighted by atomic mass is 9.87. The molecular formula is C18H30N2O4. The zero-order valence-electron chi connectivity index (χ0n) is 14.7. The summed E-state index contributed by atoms with van der Waals surface area (Å²) in [6, 6.07) is 0. The Morgan fingerprint density at radius 2 is 1.96 bits per heavy atom. The fourth-order valence-corrected chi connectivity index (χ4v) is 3.68. The van der Waals surface area contributed by atoms with Gasteiger partial charge in [-0.05, 0) is 31.6 Å². The number of nitrogens with zero attached hydrogens (tertiary/aromatic N) is 1. The second kappa shape index (κ2) is 9.64. The minimum absolute atomic E-state index is 0.000935. The molecule has 1 heterocycles. The summed E-state index contributed by atoms with van der Waals surface area (Å²) in [6.07, 6.45) is 8.22. The van der Waals surface area contributed by atoms with E-state index in [1.807, 2.05) is 4.90 Å². The predicted octanol–water partition coefficient (Wildman–Crippen LogP) is 1.87. The van der Waals surface area contributed by atoms with Crippen LogP contribution in [0.5, 0.6) is 0 Å². The molecule has 1 aliphatic carbocycles. The Bertz CT molecular complexity index is 446. The van der Waals surface area contributed by atoms with Crippen LogP contribution in [0.4, 0.5) is 0 Å². The van der Waals surface area contributed by atoms with Gasteiger partial charge in [0.15, 0.2) is 0 Å². The smallest absolute Gasteiger partial charge is 0.305 e. The molecule has 0 aromatic rings. The van der Waals surface area contributed by atoms with E-state index in [9.17, 15) is 14.4 Å². The largest absolute Gasteiger partial charge is 0.469 e. The Morgan fingerprint density at radius 3 is 2.67 bits per heavy atom. The first-order chi connectivity index (χ1) is 11.6. The van der Waals surface area contributed by atoms with E-state index >= 15 is 0 Å². The maximum Gasteiger partial charge on any atom is 0.305 e. The standard InChI is InChI=1S/C18H30N2O4/c1-24-17(22)8-5-11-19-18(23)15-9-10-16(21)20(13-15)12-14-6-3-2-4-7-14/h14-15H,2-13H2,1H3,(H,19,23)/t15-/m1/s1. The topological polar surface area (TPSA) is 75.7 Å². The molecule has 2 fully saturated rings. The second-order valence-corrected chi connectivity index (χ2v) is 7.01. The number of hydrogen-bond donors (Lipinski definition) is 1. The van der Waals surface area contributed by atoms with Crippen molar-refractivity contribution in [2.45, 2.75) is 57.8 Å². The number of carbonyl (C=O) groups excluding carboxylic acids is 3. The number of nitrogens with one attached hydrogen (secondary N) is 1. The lowest BCUT2D eigenvalue weighted by Crippen LogP contribution is -2.47. The first kappa shape index (κ1) is 18.7. The summed E-state index contributed by atoms with van der Waals surface area (Å²) in [6.45, 7) is 1.82. The molecular weight excluding hydrogens is 308 g/mol. The summed E-state index contributed by atoms with van der Waals surface area (Å²) in [7, 11) is 1.36. The second-order valence-electron chi connectivity index (χ2n) is 7.01. The van der Waals surface area contributed by atoms with Gasteiger partial charge >= 0.3 is 5.97 Å². The molecule has 1 N–H and O–H groups in total. The Hall–Kier alpha value is -1.59. The predicted molar refractivity (Wildman–Crippen MR) is 90.1 cm³/mol. The highest BCUT2D eigenvalue weighted by Gasteiger charge is 2.31. The van der Waals surface area contributed by atoms with Crippen LogP contribution in [0.2, 0.25) is 0 Å². The molecule has 24 heavy (non-hydrogen) atoms. The van der Waals surface area contributed by atoms with E-state index in [4.69, 9.17) is 0 Å². The number of amides is 2. The number of piperidine rings is 1. The van der Waals surface area contributed by atoms with Crippen molar-refractivity contribution in [1.82, 2.24) is 10.2 Å². The van der Waals surface area contributed by atoms with Crippen molar-refractivity contribution in [1.29, 1.82) is 0 Å². The lowest BCUT2D eigenvalue weighted by Gasteiger charge is -2.35. The summed E-state index contributed by atoms with van der Waals surface area (Å²) < 4.78 is 4.58. The van der Waals surface area contributed by atoms with Crippen LogP contribution in [0.25, 0.3) is 0 Å². The molecule has 0 spiro atoms. The lowest BCUT2D eigenvalue weighted by molar-refractivity contribution is -0.141. The van der Waals surface area contributed by atoms with Gasteiger partial charge in [0.25, 0.3) is 0 Å². The van der Waals surface area contributed by atoms with Crippen LogP contribution in [0.3, 0.4) is 0 Å². The molecule has 1 saturated heterocycles.